The van der Waals surface area contributed by atoms with E-state index in [9.17, 15) is 0 Å². The van der Waals surface area contributed by atoms with Crippen LogP contribution in [0, 0.1) is 0 Å². The number of rotatable bonds is 7. The van der Waals surface area contributed by atoms with Gasteiger partial charge in [-0.15, -0.1) is 0 Å². The van der Waals surface area contributed by atoms with Gasteiger partial charge >= 0.3 is 6.01 Å². The van der Waals surface area contributed by atoms with E-state index in [1.54, 1.807) is 25.7 Å². The normalized spacial score (nSPS) is 16.6. The predicted molar refractivity (Wildman–Crippen MR) is 110 cm³/mol. The molecular formula is C21H24N6O2. The standard InChI is InChI=1S/C21H24N6O2/c1-28-20-17(12-24-21(26-20)29-2)18-19(23-10-9-22-18)25-16-8-11-27(14-16)13-15-6-4-3-5-7-15/h3-7,9-10,12,16H,8,11,13-14H2,1-2H3,(H,23,25)/t16-/m1/s1. The Morgan fingerprint density at radius 1 is 1.07 bits per heavy atom. The number of ether oxygens (including phenoxy) is 2. The van der Waals surface area contributed by atoms with Crippen LogP contribution in [0.25, 0.3) is 11.3 Å². The summed E-state index contributed by atoms with van der Waals surface area (Å²) in [6, 6.07) is 11.1. The van der Waals surface area contributed by atoms with Gasteiger partial charge in [0.05, 0.1) is 19.8 Å². The molecule has 3 heterocycles. The van der Waals surface area contributed by atoms with Crippen molar-refractivity contribution in [1.82, 2.24) is 24.8 Å². The minimum absolute atomic E-state index is 0.247. The number of nitrogens with zero attached hydrogens (tertiary/aromatic N) is 5. The zero-order valence-electron chi connectivity index (χ0n) is 16.6. The number of nitrogens with one attached hydrogen (secondary N) is 1. The third-order valence-electron chi connectivity index (χ3n) is 4.92. The summed E-state index contributed by atoms with van der Waals surface area (Å²) in [4.78, 5) is 19.9. The van der Waals surface area contributed by atoms with Gasteiger partial charge in [0.15, 0.2) is 5.82 Å². The molecule has 0 aliphatic carbocycles. The van der Waals surface area contributed by atoms with Crippen molar-refractivity contribution in [3.8, 4) is 23.1 Å². The van der Waals surface area contributed by atoms with Crippen LogP contribution < -0.4 is 14.8 Å². The summed E-state index contributed by atoms with van der Waals surface area (Å²) in [6.45, 7) is 2.94. The number of methoxy groups -OCH3 is 2. The van der Waals surface area contributed by atoms with Crippen LogP contribution in [0.15, 0.2) is 48.9 Å². The molecule has 0 radical (unpaired) electrons. The molecule has 0 spiro atoms. The molecule has 1 saturated heterocycles. The minimum atomic E-state index is 0.247. The Bertz CT molecular complexity index is 953. The highest BCUT2D eigenvalue weighted by Gasteiger charge is 2.25. The van der Waals surface area contributed by atoms with E-state index in [4.69, 9.17) is 9.47 Å². The first-order chi connectivity index (χ1) is 14.3. The largest absolute Gasteiger partial charge is 0.480 e. The monoisotopic (exact) mass is 392 g/mol. The Kier molecular flexibility index (Phi) is 5.81. The van der Waals surface area contributed by atoms with E-state index in [1.807, 2.05) is 6.07 Å². The van der Waals surface area contributed by atoms with Gasteiger partial charge in [0.1, 0.15) is 5.69 Å². The first-order valence-corrected chi connectivity index (χ1v) is 9.56. The lowest BCUT2D eigenvalue weighted by atomic mass is 10.2. The maximum atomic E-state index is 5.42. The number of anilines is 1. The lowest BCUT2D eigenvalue weighted by Gasteiger charge is -2.18. The first kappa shape index (κ1) is 19.1. The molecule has 8 heteroatoms. The van der Waals surface area contributed by atoms with E-state index < -0.39 is 0 Å². The molecule has 1 aromatic carbocycles. The van der Waals surface area contributed by atoms with Crippen molar-refractivity contribution in [3.05, 3.63) is 54.5 Å². The van der Waals surface area contributed by atoms with Gasteiger partial charge in [-0.05, 0) is 12.0 Å². The minimum Gasteiger partial charge on any atom is -0.480 e. The van der Waals surface area contributed by atoms with Crippen molar-refractivity contribution in [1.29, 1.82) is 0 Å². The van der Waals surface area contributed by atoms with Crippen LogP contribution in [0.4, 0.5) is 5.82 Å². The van der Waals surface area contributed by atoms with Gasteiger partial charge in [0.2, 0.25) is 5.88 Å². The SMILES string of the molecule is COc1ncc(-c2nccnc2N[C@@H]2CCN(Cc3ccccc3)C2)c(OC)n1. The fraction of sp³-hybridized carbons (Fsp3) is 0.333. The molecule has 29 heavy (non-hydrogen) atoms. The molecule has 1 atom stereocenters. The van der Waals surface area contributed by atoms with E-state index in [0.29, 0.717) is 29.0 Å². The zero-order chi connectivity index (χ0) is 20.1. The van der Waals surface area contributed by atoms with Crippen molar-refractivity contribution in [2.24, 2.45) is 0 Å². The molecule has 0 amide bonds. The second-order valence-electron chi connectivity index (χ2n) is 6.88. The zero-order valence-corrected chi connectivity index (χ0v) is 16.6. The first-order valence-electron chi connectivity index (χ1n) is 9.56. The van der Waals surface area contributed by atoms with Crippen LogP contribution in [0.2, 0.25) is 0 Å². The molecule has 1 N–H and O–H groups in total. The van der Waals surface area contributed by atoms with Gasteiger partial charge in [-0.25, -0.2) is 9.97 Å². The summed E-state index contributed by atoms with van der Waals surface area (Å²) in [6.07, 6.45) is 6.02. The van der Waals surface area contributed by atoms with Crippen LogP contribution in [-0.2, 0) is 6.54 Å². The molecule has 1 aliphatic rings. The van der Waals surface area contributed by atoms with Crippen molar-refractivity contribution in [3.63, 3.8) is 0 Å². The Morgan fingerprint density at radius 3 is 2.69 bits per heavy atom. The van der Waals surface area contributed by atoms with Crippen LogP contribution in [0.1, 0.15) is 12.0 Å². The van der Waals surface area contributed by atoms with Gasteiger partial charge < -0.3 is 14.8 Å². The lowest BCUT2D eigenvalue weighted by molar-refractivity contribution is 0.328. The van der Waals surface area contributed by atoms with Crippen molar-refractivity contribution in [2.45, 2.75) is 19.0 Å². The highest BCUT2D eigenvalue weighted by Crippen LogP contribution is 2.32. The van der Waals surface area contributed by atoms with Gasteiger partial charge in [-0.1, -0.05) is 30.3 Å². The highest BCUT2D eigenvalue weighted by molar-refractivity contribution is 5.74. The Balaban J connectivity index is 1.50. The summed E-state index contributed by atoms with van der Waals surface area (Å²) in [5, 5.41) is 3.55. The van der Waals surface area contributed by atoms with Crippen LogP contribution in [0.3, 0.4) is 0 Å². The summed E-state index contributed by atoms with van der Waals surface area (Å²) < 4.78 is 10.5. The van der Waals surface area contributed by atoms with Crippen LogP contribution in [-0.4, -0.2) is 58.2 Å². The van der Waals surface area contributed by atoms with E-state index >= 15 is 0 Å². The van der Waals surface area contributed by atoms with Gasteiger partial charge in [0.25, 0.3) is 0 Å². The molecule has 2 aromatic heterocycles. The molecule has 1 aliphatic heterocycles. The van der Waals surface area contributed by atoms with E-state index in [2.05, 4.69) is 54.4 Å². The Labute approximate surface area is 170 Å². The Morgan fingerprint density at radius 2 is 1.90 bits per heavy atom. The van der Waals surface area contributed by atoms with Crippen molar-refractivity contribution >= 4 is 5.82 Å². The molecule has 8 nitrogen and oxygen atoms in total. The number of likely N-dealkylation sites (tertiary alicyclic amines) is 1. The predicted octanol–water partition coefficient (Wildman–Crippen LogP) is 2.64. The third kappa shape index (κ3) is 4.43. The third-order valence-corrected chi connectivity index (χ3v) is 4.92. The summed E-state index contributed by atoms with van der Waals surface area (Å²) in [5.74, 6) is 1.10. The fourth-order valence-corrected chi connectivity index (χ4v) is 3.54. The maximum Gasteiger partial charge on any atom is 0.319 e. The number of aromatic nitrogens is 4. The van der Waals surface area contributed by atoms with Gasteiger partial charge in [-0.2, -0.15) is 4.98 Å². The van der Waals surface area contributed by atoms with Crippen molar-refractivity contribution in [2.75, 3.05) is 32.6 Å². The topological polar surface area (TPSA) is 85.3 Å². The second kappa shape index (κ2) is 8.83. The number of benzene rings is 1. The molecule has 3 aromatic rings. The smallest absolute Gasteiger partial charge is 0.319 e. The van der Waals surface area contributed by atoms with Gasteiger partial charge in [-0.3, -0.25) is 9.88 Å². The summed E-state index contributed by atoms with van der Waals surface area (Å²) >= 11 is 0. The number of hydrogen-bond donors (Lipinski definition) is 1. The van der Waals surface area contributed by atoms with E-state index in [-0.39, 0.29) is 6.01 Å². The molecule has 0 bridgehead atoms. The lowest BCUT2D eigenvalue weighted by Crippen LogP contribution is -2.26. The molecular weight excluding hydrogens is 368 g/mol. The quantitative estimate of drug-likeness (QED) is 0.657. The van der Waals surface area contributed by atoms with E-state index in [0.717, 1.165) is 26.1 Å². The van der Waals surface area contributed by atoms with Crippen molar-refractivity contribution < 1.29 is 9.47 Å². The molecule has 1 fully saturated rings. The average molecular weight is 392 g/mol. The second-order valence-corrected chi connectivity index (χ2v) is 6.88. The number of hydrogen-bond acceptors (Lipinski definition) is 8. The maximum absolute atomic E-state index is 5.42. The van der Waals surface area contributed by atoms with E-state index in [1.165, 1.54) is 12.7 Å². The Hall–Kier alpha value is -3.26. The van der Waals surface area contributed by atoms with Gasteiger partial charge in [0, 0.05) is 44.3 Å². The van der Waals surface area contributed by atoms with Crippen LogP contribution in [0.5, 0.6) is 11.9 Å². The summed E-state index contributed by atoms with van der Waals surface area (Å²) in [5.41, 5.74) is 2.66. The molecule has 150 valence electrons. The fourth-order valence-electron chi connectivity index (χ4n) is 3.54. The molecule has 4 rings (SSSR count). The summed E-state index contributed by atoms with van der Waals surface area (Å²) in [7, 11) is 3.08. The molecule has 0 saturated carbocycles. The molecule has 0 unspecified atom stereocenters. The average Bonchev–Trinajstić information content (AvgIpc) is 3.21. The van der Waals surface area contributed by atoms with Crippen LogP contribution >= 0.6 is 0 Å². The highest BCUT2D eigenvalue weighted by atomic mass is 16.5.